The Hall–Kier alpha value is -3.03. The van der Waals surface area contributed by atoms with Gasteiger partial charge < -0.3 is 4.98 Å². The molecule has 5 aromatic rings. The number of benzene rings is 4. The van der Waals surface area contributed by atoms with E-state index in [1.807, 2.05) is 12.1 Å². The molecule has 0 fully saturated rings. The number of halogens is 1. The fourth-order valence-corrected chi connectivity index (χ4v) is 3.82. The highest BCUT2D eigenvalue weighted by Gasteiger charge is 2.12. The van der Waals surface area contributed by atoms with E-state index in [2.05, 4.69) is 83.8 Å². The molecule has 0 aliphatic heterocycles. The Balaban J connectivity index is 1.80. The molecule has 1 heterocycles. The number of fused-ring (bicyclic) bond motifs is 3. The van der Waals surface area contributed by atoms with Gasteiger partial charge in [-0.1, -0.05) is 84.4 Å². The lowest BCUT2D eigenvalue weighted by molar-refractivity contribution is 1.53. The molecule has 0 bridgehead atoms. The smallest absolute Gasteiger partial charge is 0.0544 e. The minimum Gasteiger partial charge on any atom is -0.354 e. The molecular formula is C24H16ClN. The van der Waals surface area contributed by atoms with E-state index in [1.54, 1.807) is 0 Å². The molecule has 0 unspecified atom stereocenters. The third-order valence-electron chi connectivity index (χ3n) is 4.91. The van der Waals surface area contributed by atoms with Gasteiger partial charge in [-0.25, -0.2) is 0 Å². The van der Waals surface area contributed by atoms with Crippen LogP contribution < -0.4 is 0 Å². The molecule has 0 saturated carbocycles. The lowest BCUT2D eigenvalue weighted by Crippen LogP contribution is -1.86. The summed E-state index contributed by atoms with van der Waals surface area (Å²) in [4.78, 5) is 3.61. The lowest BCUT2D eigenvalue weighted by atomic mass is 9.93. The van der Waals surface area contributed by atoms with Gasteiger partial charge in [0, 0.05) is 26.9 Å². The zero-order valence-corrected chi connectivity index (χ0v) is 14.8. The average molecular weight is 354 g/mol. The third kappa shape index (κ3) is 2.40. The zero-order chi connectivity index (χ0) is 17.5. The van der Waals surface area contributed by atoms with E-state index < -0.39 is 0 Å². The molecule has 4 aromatic carbocycles. The Morgan fingerprint density at radius 1 is 0.538 bits per heavy atom. The van der Waals surface area contributed by atoms with Gasteiger partial charge in [0.05, 0.1) is 5.52 Å². The highest BCUT2D eigenvalue weighted by molar-refractivity contribution is 6.30. The minimum atomic E-state index is 0.754. The Bertz CT molecular complexity index is 1230. The first-order valence-electron chi connectivity index (χ1n) is 8.66. The molecule has 0 radical (unpaired) electrons. The van der Waals surface area contributed by atoms with Crippen molar-refractivity contribution in [2.75, 3.05) is 0 Å². The number of aromatic amines is 1. The Labute approximate surface area is 156 Å². The maximum atomic E-state index is 6.07. The number of aromatic nitrogens is 1. The van der Waals surface area contributed by atoms with Crippen LogP contribution in [0, 0.1) is 0 Å². The molecule has 0 spiro atoms. The van der Waals surface area contributed by atoms with E-state index in [0.717, 1.165) is 10.6 Å². The maximum absolute atomic E-state index is 6.07. The van der Waals surface area contributed by atoms with Crippen LogP contribution >= 0.6 is 11.6 Å². The summed E-state index contributed by atoms with van der Waals surface area (Å²) in [6.45, 7) is 0. The number of nitrogens with one attached hydrogen (secondary N) is 1. The molecule has 5 rings (SSSR count). The van der Waals surface area contributed by atoms with Gasteiger partial charge in [0.15, 0.2) is 0 Å². The van der Waals surface area contributed by atoms with Crippen molar-refractivity contribution in [2.24, 2.45) is 0 Å². The van der Waals surface area contributed by atoms with Crippen molar-refractivity contribution in [3.8, 4) is 22.3 Å². The van der Waals surface area contributed by atoms with E-state index in [0.29, 0.717) is 0 Å². The molecule has 0 amide bonds. The van der Waals surface area contributed by atoms with Crippen LogP contribution in [0.25, 0.3) is 44.1 Å². The van der Waals surface area contributed by atoms with Gasteiger partial charge in [-0.05, 0) is 34.9 Å². The monoisotopic (exact) mass is 353 g/mol. The van der Waals surface area contributed by atoms with E-state index in [4.69, 9.17) is 11.6 Å². The first-order valence-corrected chi connectivity index (χ1v) is 9.04. The highest BCUT2D eigenvalue weighted by Crippen LogP contribution is 2.38. The molecule has 0 atom stereocenters. The highest BCUT2D eigenvalue weighted by atomic mass is 35.5. The summed E-state index contributed by atoms with van der Waals surface area (Å²) < 4.78 is 0. The van der Waals surface area contributed by atoms with Gasteiger partial charge in [0.1, 0.15) is 0 Å². The van der Waals surface area contributed by atoms with E-state index in [1.165, 1.54) is 38.5 Å². The molecule has 2 heteroatoms. The predicted molar refractivity (Wildman–Crippen MR) is 112 cm³/mol. The quantitative estimate of drug-likeness (QED) is 0.342. The summed E-state index contributed by atoms with van der Waals surface area (Å²) in [6.07, 6.45) is 0. The van der Waals surface area contributed by atoms with Crippen molar-refractivity contribution in [2.45, 2.75) is 0 Å². The summed E-state index contributed by atoms with van der Waals surface area (Å²) in [6, 6.07) is 31.5. The largest absolute Gasteiger partial charge is 0.354 e. The van der Waals surface area contributed by atoms with Crippen LogP contribution in [0.1, 0.15) is 0 Å². The minimum absolute atomic E-state index is 0.754. The van der Waals surface area contributed by atoms with Crippen molar-refractivity contribution in [1.29, 1.82) is 0 Å². The molecule has 1 N–H and O–H groups in total. The lowest BCUT2D eigenvalue weighted by Gasteiger charge is -2.11. The van der Waals surface area contributed by atoms with Crippen LogP contribution in [0.15, 0.2) is 91.0 Å². The van der Waals surface area contributed by atoms with E-state index in [9.17, 15) is 0 Å². The van der Waals surface area contributed by atoms with Gasteiger partial charge in [0.2, 0.25) is 0 Å². The molecule has 26 heavy (non-hydrogen) atoms. The second-order valence-electron chi connectivity index (χ2n) is 6.45. The van der Waals surface area contributed by atoms with Gasteiger partial charge in [0.25, 0.3) is 0 Å². The number of rotatable bonds is 2. The fourth-order valence-electron chi connectivity index (χ4n) is 3.70. The normalized spacial score (nSPS) is 11.3. The molecule has 1 aromatic heterocycles. The Kier molecular flexibility index (Phi) is 3.55. The molecule has 1 nitrogen and oxygen atoms in total. The first-order chi connectivity index (χ1) is 12.8. The van der Waals surface area contributed by atoms with Crippen LogP contribution in [0.2, 0.25) is 5.02 Å². The Morgan fingerprint density at radius 3 is 2.04 bits per heavy atom. The third-order valence-corrected chi connectivity index (χ3v) is 5.17. The van der Waals surface area contributed by atoms with Crippen LogP contribution in [-0.4, -0.2) is 4.98 Å². The van der Waals surface area contributed by atoms with Crippen LogP contribution in [-0.2, 0) is 0 Å². The Morgan fingerprint density at radius 2 is 1.19 bits per heavy atom. The second kappa shape index (κ2) is 6.05. The van der Waals surface area contributed by atoms with Gasteiger partial charge >= 0.3 is 0 Å². The maximum Gasteiger partial charge on any atom is 0.0544 e. The van der Waals surface area contributed by atoms with E-state index in [-0.39, 0.29) is 0 Å². The van der Waals surface area contributed by atoms with Crippen molar-refractivity contribution in [3.05, 3.63) is 96.0 Å². The summed E-state index contributed by atoms with van der Waals surface area (Å²) in [7, 11) is 0. The molecule has 0 aliphatic carbocycles. The molecular weight excluding hydrogens is 338 g/mol. The van der Waals surface area contributed by atoms with Gasteiger partial charge in [-0.15, -0.1) is 0 Å². The van der Waals surface area contributed by atoms with Gasteiger partial charge in [-0.3, -0.25) is 0 Å². The predicted octanol–water partition coefficient (Wildman–Crippen LogP) is 7.31. The molecule has 0 aliphatic rings. The summed E-state index contributed by atoms with van der Waals surface area (Å²) >= 11 is 6.07. The van der Waals surface area contributed by atoms with Crippen LogP contribution in [0.3, 0.4) is 0 Å². The number of hydrogen-bond donors (Lipinski definition) is 1. The molecule has 124 valence electrons. The fraction of sp³-hybridized carbons (Fsp3) is 0. The first kappa shape index (κ1) is 15.2. The standard InChI is InChI=1S/C24H16ClN/c25-17-14-12-16(13-15-17)18-6-1-2-7-19(18)21-9-5-10-22-20-8-3-4-11-23(20)26-24(21)22/h1-15,26H. The SMILES string of the molecule is Clc1ccc(-c2ccccc2-c2cccc3c2[nH]c2ccccc23)cc1. The number of H-pyrrole nitrogens is 1. The second-order valence-corrected chi connectivity index (χ2v) is 6.89. The van der Waals surface area contributed by atoms with E-state index >= 15 is 0 Å². The topological polar surface area (TPSA) is 15.8 Å². The summed E-state index contributed by atoms with van der Waals surface area (Å²) in [5.74, 6) is 0. The molecule has 0 saturated heterocycles. The van der Waals surface area contributed by atoms with Crippen LogP contribution in [0.5, 0.6) is 0 Å². The van der Waals surface area contributed by atoms with Crippen molar-refractivity contribution < 1.29 is 0 Å². The number of para-hydroxylation sites is 2. The van der Waals surface area contributed by atoms with Crippen molar-refractivity contribution in [1.82, 2.24) is 4.98 Å². The van der Waals surface area contributed by atoms with Crippen molar-refractivity contribution in [3.63, 3.8) is 0 Å². The summed E-state index contributed by atoms with van der Waals surface area (Å²) in [5, 5.41) is 3.27. The average Bonchev–Trinajstić information content (AvgIpc) is 3.07. The van der Waals surface area contributed by atoms with Gasteiger partial charge in [-0.2, -0.15) is 0 Å². The van der Waals surface area contributed by atoms with Crippen LogP contribution in [0.4, 0.5) is 0 Å². The van der Waals surface area contributed by atoms with Crippen molar-refractivity contribution >= 4 is 33.4 Å². The number of hydrogen-bond acceptors (Lipinski definition) is 0. The summed E-state index contributed by atoms with van der Waals surface area (Å²) in [5.41, 5.74) is 7.14. The zero-order valence-electron chi connectivity index (χ0n) is 14.0.